The molecule has 0 saturated heterocycles. The summed E-state index contributed by atoms with van der Waals surface area (Å²) in [7, 11) is 0. The van der Waals surface area contributed by atoms with Crippen molar-refractivity contribution in [2.45, 2.75) is 84.2 Å². The Morgan fingerprint density at radius 2 is 1.73 bits per heavy atom. The lowest BCUT2D eigenvalue weighted by Crippen LogP contribution is -2.49. The summed E-state index contributed by atoms with van der Waals surface area (Å²) < 4.78 is 0. The van der Waals surface area contributed by atoms with Gasteiger partial charge in [0.2, 0.25) is 0 Å². The van der Waals surface area contributed by atoms with E-state index in [1.807, 2.05) is 0 Å². The second kappa shape index (κ2) is 5.10. The average molecular weight is 303 g/mol. The van der Waals surface area contributed by atoms with E-state index in [0.29, 0.717) is 5.41 Å². The molecular formula is C21H34O. The number of aliphatic hydroxyl groups is 1. The molecule has 4 saturated carbocycles. The van der Waals surface area contributed by atoms with E-state index < -0.39 is 0 Å². The van der Waals surface area contributed by atoms with Crippen molar-refractivity contribution in [3.8, 4) is 0 Å². The van der Waals surface area contributed by atoms with Crippen LogP contribution in [0, 0.1) is 35.0 Å². The van der Waals surface area contributed by atoms with Gasteiger partial charge in [-0.2, -0.15) is 0 Å². The molecule has 0 aromatic heterocycles. The van der Waals surface area contributed by atoms with Crippen LogP contribution >= 0.6 is 0 Å². The highest BCUT2D eigenvalue weighted by Crippen LogP contribution is 2.64. The summed E-state index contributed by atoms with van der Waals surface area (Å²) >= 11 is 0. The molecule has 1 heteroatoms. The number of fused-ring (bicyclic) bond motifs is 5. The number of rotatable bonds is 0. The minimum absolute atomic E-state index is 0.372. The van der Waals surface area contributed by atoms with Crippen LogP contribution < -0.4 is 0 Å². The van der Waals surface area contributed by atoms with Crippen molar-refractivity contribution < 1.29 is 5.11 Å². The quantitative estimate of drug-likeness (QED) is 0.599. The molecule has 4 fully saturated rings. The molecule has 0 heterocycles. The Labute approximate surface area is 136 Å². The van der Waals surface area contributed by atoms with Gasteiger partial charge in [0.25, 0.3) is 0 Å². The second-order valence-corrected chi connectivity index (χ2v) is 9.48. The highest BCUT2D eigenvalue weighted by molar-refractivity contribution is 5.23. The van der Waals surface area contributed by atoms with Gasteiger partial charge < -0.3 is 5.11 Å². The van der Waals surface area contributed by atoms with Crippen LogP contribution in [0.15, 0.2) is 11.6 Å². The van der Waals surface area contributed by atoms with Gasteiger partial charge in [-0.3, -0.25) is 0 Å². The molecule has 0 aliphatic heterocycles. The van der Waals surface area contributed by atoms with Crippen molar-refractivity contribution in [2.75, 3.05) is 0 Å². The summed E-state index contributed by atoms with van der Waals surface area (Å²) in [5, 5.41) is 10.5. The molecule has 0 aromatic carbocycles. The fraction of sp³-hybridized carbons (Fsp3) is 0.905. The second-order valence-electron chi connectivity index (χ2n) is 9.48. The molecule has 124 valence electrons. The molecular weight excluding hydrogens is 268 g/mol. The van der Waals surface area contributed by atoms with Gasteiger partial charge in [-0.05, 0) is 107 Å². The van der Waals surface area contributed by atoms with Crippen LogP contribution in [0.3, 0.4) is 0 Å². The molecule has 4 aliphatic carbocycles. The van der Waals surface area contributed by atoms with Crippen LogP contribution in [0.1, 0.15) is 78.6 Å². The molecule has 1 nitrogen and oxygen atoms in total. The van der Waals surface area contributed by atoms with E-state index in [0.717, 1.165) is 42.4 Å². The predicted molar refractivity (Wildman–Crippen MR) is 91.5 cm³/mol. The predicted octanol–water partition coefficient (Wildman–Crippen LogP) is 5.34. The van der Waals surface area contributed by atoms with E-state index in [1.54, 1.807) is 5.57 Å². The maximum atomic E-state index is 10.5. The molecule has 0 amide bonds. The number of hydrogen-bond acceptors (Lipinski definition) is 1. The van der Waals surface area contributed by atoms with Gasteiger partial charge in [0.15, 0.2) is 0 Å². The number of hydrogen-bond donors (Lipinski definition) is 1. The van der Waals surface area contributed by atoms with Crippen molar-refractivity contribution in [1.29, 1.82) is 0 Å². The highest BCUT2D eigenvalue weighted by Gasteiger charge is 2.55. The van der Waals surface area contributed by atoms with Gasteiger partial charge in [0, 0.05) is 0 Å². The first kappa shape index (κ1) is 15.2. The van der Waals surface area contributed by atoms with Crippen LogP contribution in [-0.4, -0.2) is 10.7 Å². The molecule has 4 rings (SSSR count). The molecule has 1 N–H and O–H groups in total. The van der Waals surface area contributed by atoms with E-state index in [-0.39, 0.29) is 5.60 Å². The van der Waals surface area contributed by atoms with Gasteiger partial charge in [-0.15, -0.1) is 0 Å². The fourth-order valence-corrected chi connectivity index (χ4v) is 7.40. The maximum Gasteiger partial charge on any atom is 0.0622 e. The third-order valence-corrected chi connectivity index (χ3v) is 8.43. The summed E-state index contributed by atoms with van der Waals surface area (Å²) in [5.74, 6) is 4.67. The van der Waals surface area contributed by atoms with Crippen LogP contribution in [-0.2, 0) is 0 Å². The van der Waals surface area contributed by atoms with Gasteiger partial charge in [0.05, 0.1) is 5.60 Å². The Balaban J connectivity index is 1.57. The lowest BCUT2D eigenvalue weighted by molar-refractivity contribution is -0.0899. The van der Waals surface area contributed by atoms with E-state index in [4.69, 9.17) is 0 Å². The highest BCUT2D eigenvalue weighted by atomic mass is 16.3. The number of allylic oxidation sites excluding steroid dienone is 2. The zero-order chi connectivity index (χ0) is 15.5. The SMILES string of the molecule is C/C=C1\CCC2[C@@H]3CC[C@@H]4C[C@](C)(O)CC[C@@H]4C3CC[C@]12C. The Morgan fingerprint density at radius 1 is 0.955 bits per heavy atom. The molecule has 0 radical (unpaired) electrons. The van der Waals surface area contributed by atoms with Gasteiger partial charge in [0.1, 0.15) is 0 Å². The topological polar surface area (TPSA) is 20.2 Å². The molecule has 0 aromatic rings. The largest absolute Gasteiger partial charge is 0.390 e. The summed E-state index contributed by atoms with van der Waals surface area (Å²) in [6, 6.07) is 0. The minimum Gasteiger partial charge on any atom is -0.390 e. The summed E-state index contributed by atoms with van der Waals surface area (Å²) in [4.78, 5) is 0. The van der Waals surface area contributed by atoms with Crippen molar-refractivity contribution in [3.05, 3.63) is 11.6 Å². The molecule has 0 bridgehead atoms. The van der Waals surface area contributed by atoms with Crippen LogP contribution in [0.25, 0.3) is 0 Å². The first-order chi connectivity index (χ1) is 10.4. The normalized spacial score (nSPS) is 56.4. The van der Waals surface area contributed by atoms with Gasteiger partial charge in [-0.25, -0.2) is 0 Å². The standard InChI is InChI=1S/C21H34O/c1-4-15-6-8-19-18-7-5-14-13-20(2,22)11-9-16(14)17(18)10-12-21(15,19)3/h4,14,16-19,22H,5-13H2,1-3H3/b15-4+/t14-,16+,17?,18-,19?,20-,21-/m1/s1. The van der Waals surface area contributed by atoms with Crippen LogP contribution in [0.2, 0.25) is 0 Å². The zero-order valence-electron chi connectivity index (χ0n) is 14.8. The van der Waals surface area contributed by atoms with Crippen LogP contribution in [0.5, 0.6) is 0 Å². The molecule has 22 heavy (non-hydrogen) atoms. The fourth-order valence-electron chi connectivity index (χ4n) is 7.40. The summed E-state index contributed by atoms with van der Waals surface area (Å²) in [6.45, 7) is 6.91. The van der Waals surface area contributed by atoms with Crippen molar-refractivity contribution in [3.63, 3.8) is 0 Å². The first-order valence-electron chi connectivity index (χ1n) is 9.83. The lowest BCUT2D eigenvalue weighted by atomic mass is 9.49. The summed E-state index contributed by atoms with van der Waals surface area (Å²) in [5.41, 5.74) is 1.93. The molecule has 2 unspecified atom stereocenters. The Morgan fingerprint density at radius 3 is 2.50 bits per heavy atom. The Hall–Kier alpha value is -0.300. The van der Waals surface area contributed by atoms with Crippen molar-refractivity contribution in [1.82, 2.24) is 0 Å². The third-order valence-electron chi connectivity index (χ3n) is 8.43. The molecule has 4 aliphatic rings. The monoisotopic (exact) mass is 302 g/mol. The van der Waals surface area contributed by atoms with Crippen molar-refractivity contribution in [2.24, 2.45) is 35.0 Å². The minimum atomic E-state index is -0.372. The first-order valence-corrected chi connectivity index (χ1v) is 9.83. The third kappa shape index (κ3) is 2.14. The lowest BCUT2D eigenvalue weighted by Gasteiger charge is -2.56. The molecule has 7 atom stereocenters. The van der Waals surface area contributed by atoms with E-state index in [2.05, 4.69) is 26.8 Å². The Kier molecular flexibility index (Phi) is 3.53. The maximum absolute atomic E-state index is 10.5. The smallest absolute Gasteiger partial charge is 0.0622 e. The van der Waals surface area contributed by atoms with Gasteiger partial charge in [-0.1, -0.05) is 18.6 Å². The average Bonchev–Trinajstić information content (AvgIpc) is 2.82. The zero-order valence-corrected chi connectivity index (χ0v) is 14.8. The van der Waals surface area contributed by atoms with E-state index in [1.165, 1.54) is 44.9 Å². The summed E-state index contributed by atoms with van der Waals surface area (Å²) in [6.07, 6.45) is 14.4. The van der Waals surface area contributed by atoms with E-state index >= 15 is 0 Å². The van der Waals surface area contributed by atoms with E-state index in [9.17, 15) is 5.11 Å². The van der Waals surface area contributed by atoms with Crippen molar-refractivity contribution >= 4 is 0 Å². The molecule has 0 spiro atoms. The van der Waals surface area contributed by atoms with Crippen LogP contribution in [0.4, 0.5) is 0 Å². The van der Waals surface area contributed by atoms with Gasteiger partial charge >= 0.3 is 0 Å². The Bertz CT molecular complexity index is 476.